The van der Waals surface area contributed by atoms with Gasteiger partial charge in [-0.2, -0.15) is 5.26 Å². The van der Waals surface area contributed by atoms with Gasteiger partial charge in [-0.1, -0.05) is 18.2 Å². The summed E-state index contributed by atoms with van der Waals surface area (Å²) in [5.74, 6) is 1.17. The van der Waals surface area contributed by atoms with Gasteiger partial charge < -0.3 is 9.72 Å². The van der Waals surface area contributed by atoms with Crippen LogP contribution in [0.1, 0.15) is 16.7 Å². The van der Waals surface area contributed by atoms with Gasteiger partial charge in [0.15, 0.2) is 0 Å². The van der Waals surface area contributed by atoms with Crippen LogP contribution in [-0.4, -0.2) is 9.97 Å². The maximum atomic E-state index is 13.1. The van der Waals surface area contributed by atoms with Crippen LogP contribution in [0.5, 0.6) is 5.75 Å². The molecule has 0 saturated carbocycles. The van der Waals surface area contributed by atoms with E-state index in [1.54, 1.807) is 18.2 Å². The fourth-order valence-corrected chi connectivity index (χ4v) is 3.11. The molecule has 3 aromatic carbocycles. The van der Waals surface area contributed by atoms with Crippen molar-refractivity contribution in [2.75, 3.05) is 0 Å². The topological polar surface area (TPSA) is 61.7 Å². The maximum Gasteiger partial charge on any atom is 0.138 e. The Bertz CT molecular complexity index is 1190. The van der Waals surface area contributed by atoms with Gasteiger partial charge in [0.1, 0.15) is 24.0 Å². The summed E-state index contributed by atoms with van der Waals surface area (Å²) in [5.41, 5.74) is 5.03. The Balaban J connectivity index is 1.52. The molecule has 0 bridgehead atoms. The van der Waals surface area contributed by atoms with Gasteiger partial charge in [0.2, 0.25) is 0 Å². The van der Waals surface area contributed by atoms with Crippen LogP contribution < -0.4 is 4.74 Å². The zero-order chi connectivity index (χ0) is 20.2. The number of nitrogens with one attached hydrogen (secondary N) is 1. The molecule has 29 heavy (non-hydrogen) atoms. The quantitative estimate of drug-likeness (QED) is 0.485. The summed E-state index contributed by atoms with van der Waals surface area (Å²) in [4.78, 5) is 7.75. The summed E-state index contributed by atoms with van der Waals surface area (Å²) < 4.78 is 19.0. The molecule has 0 unspecified atom stereocenters. The molecule has 5 heteroatoms. The molecule has 0 saturated heterocycles. The molecule has 142 valence electrons. The molecule has 1 heterocycles. The Morgan fingerprint density at radius 3 is 2.55 bits per heavy atom. The zero-order valence-corrected chi connectivity index (χ0v) is 15.8. The van der Waals surface area contributed by atoms with Crippen LogP contribution >= 0.6 is 0 Å². The minimum atomic E-state index is -0.274. The second-order valence-corrected chi connectivity index (χ2v) is 6.68. The summed E-state index contributed by atoms with van der Waals surface area (Å²) in [6.45, 7) is 2.31. The van der Waals surface area contributed by atoms with Crippen molar-refractivity contribution in [3.8, 4) is 34.5 Å². The monoisotopic (exact) mass is 383 g/mol. The fraction of sp³-hybridized carbons (Fsp3) is 0.0833. The molecule has 1 aromatic heterocycles. The first-order valence-electron chi connectivity index (χ1n) is 9.17. The van der Waals surface area contributed by atoms with Gasteiger partial charge in [0.25, 0.3) is 0 Å². The molecular weight excluding hydrogens is 365 g/mol. The highest BCUT2D eigenvalue weighted by atomic mass is 19.1. The summed E-state index contributed by atoms with van der Waals surface area (Å²) in [6.07, 6.45) is 1.83. The predicted octanol–water partition coefficient (Wildman–Crippen LogP) is 5.64. The number of hydrogen-bond acceptors (Lipinski definition) is 3. The molecule has 0 aliphatic carbocycles. The number of aromatic nitrogens is 2. The second-order valence-electron chi connectivity index (χ2n) is 6.68. The molecule has 4 aromatic rings. The van der Waals surface area contributed by atoms with E-state index in [4.69, 9.17) is 4.74 Å². The van der Waals surface area contributed by atoms with E-state index in [1.807, 2.05) is 49.5 Å². The largest absolute Gasteiger partial charge is 0.489 e. The van der Waals surface area contributed by atoms with Gasteiger partial charge in [0.05, 0.1) is 17.3 Å². The highest BCUT2D eigenvalue weighted by Gasteiger charge is 2.09. The Morgan fingerprint density at radius 2 is 1.79 bits per heavy atom. The third-order valence-electron chi connectivity index (χ3n) is 4.69. The predicted molar refractivity (Wildman–Crippen MR) is 110 cm³/mol. The molecule has 0 radical (unpaired) electrons. The van der Waals surface area contributed by atoms with Crippen molar-refractivity contribution in [1.29, 1.82) is 5.26 Å². The third-order valence-corrected chi connectivity index (χ3v) is 4.69. The highest BCUT2D eigenvalue weighted by molar-refractivity contribution is 5.66. The highest BCUT2D eigenvalue weighted by Crippen LogP contribution is 2.28. The number of benzene rings is 3. The van der Waals surface area contributed by atoms with E-state index in [2.05, 4.69) is 16.0 Å². The Labute approximate surface area is 168 Å². The van der Waals surface area contributed by atoms with E-state index in [0.717, 1.165) is 33.7 Å². The SMILES string of the molecule is Cc1cc(-c2c[nH]c(-c3ccc(F)cc3)n2)ccc1OCc1ccccc1C#N. The number of ether oxygens (including phenoxy) is 1. The van der Waals surface area contributed by atoms with E-state index in [-0.39, 0.29) is 5.82 Å². The average Bonchev–Trinajstić information content (AvgIpc) is 3.24. The number of halogens is 1. The van der Waals surface area contributed by atoms with E-state index >= 15 is 0 Å². The van der Waals surface area contributed by atoms with E-state index in [9.17, 15) is 9.65 Å². The van der Waals surface area contributed by atoms with Gasteiger partial charge in [0, 0.05) is 22.9 Å². The Morgan fingerprint density at radius 1 is 1.03 bits per heavy atom. The number of hydrogen-bond donors (Lipinski definition) is 1. The standard InChI is InChI=1S/C24H18FN3O/c1-16-12-18(22-14-27-24(28-22)17-6-9-21(25)10-7-17)8-11-23(16)29-15-20-5-3-2-4-19(20)13-26/h2-12,14H,15H2,1H3,(H,27,28). The van der Waals surface area contributed by atoms with Gasteiger partial charge in [-0.3, -0.25) is 0 Å². The van der Waals surface area contributed by atoms with Crippen molar-refractivity contribution in [3.05, 3.63) is 95.4 Å². The first kappa shape index (κ1) is 18.5. The fourth-order valence-electron chi connectivity index (χ4n) is 3.11. The minimum absolute atomic E-state index is 0.274. The van der Waals surface area contributed by atoms with Crippen molar-refractivity contribution in [3.63, 3.8) is 0 Å². The molecule has 0 aliphatic rings. The lowest BCUT2D eigenvalue weighted by molar-refractivity contribution is 0.304. The van der Waals surface area contributed by atoms with Crippen LogP contribution in [0.2, 0.25) is 0 Å². The normalized spacial score (nSPS) is 10.5. The van der Waals surface area contributed by atoms with Crippen molar-refractivity contribution in [1.82, 2.24) is 9.97 Å². The summed E-state index contributed by atoms with van der Waals surface area (Å²) in [7, 11) is 0. The van der Waals surface area contributed by atoms with Crippen LogP contribution in [0.25, 0.3) is 22.6 Å². The van der Waals surface area contributed by atoms with Gasteiger partial charge >= 0.3 is 0 Å². The molecular formula is C24H18FN3O. The smallest absolute Gasteiger partial charge is 0.138 e. The number of imidazole rings is 1. The number of rotatable bonds is 5. The van der Waals surface area contributed by atoms with Crippen LogP contribution in [0.4, 0.5) is 4.39 Å². The Kier molecular flexibility index (Phi) is 5.08. The molecule has 0 spiro atoms. The lowest BCUT2D eigenvalue weighted by Crippen LogP contribution is -1.99. The van der Waals surface area contributed by atoms with Crippen LogP contribution in [-0.2, 0) is 6.61 Å². The summed E-state index contributed by atoms with van der Waals surface area (Å²) >= 11 is 0. The van der Waals surface area contributed by atoms with E-state index in [0.29, 0.717) is 18.0 Å². The number of aryl methyl sites for hydroxylation is 1. The number of aromatic amines is 1. The van der Waals surface area contributed by atoms with Crippen molar-refractivity contribution < 1.29 is 9.13 Å². The van der Waals surface area contributed by atoms with Gasteiger partial charge in [-0.15, -0.1) is 0 Å². The molecule has 0 aliphatic heterocycles. The average molecular weight is 383 g/mol. The zero-order valence-electron chi connectivity index (χ0n) is 15.8. The lowest BCUT2D eigenvalue weighted by atomic mass is 10.1. The van der Waals surface area contributed by atoms with Crippen molar-refractivity contribution in [2.24, 2.45) is 0 Å². The molecule has 4 nitrogen and oxygen atoms in total. The molecule has 0 amide bonds. The summed E-state index contributed by atoms with van der Waals surface area (Å²) in [6, 6.07) is 21.7. The van der Waals surface area contributed by atoms with Crippen molar-refractivity contribution >= 4 is 0 Å². The first-order chi connectivity index (χ1) is 14.1. The van der Waals surface area contributed by atoms with Crippen LogP contribution in [0.15, 0.2) is 72.9 Å². The molecule has 4 rings (SSSR count). The van der Waals surface area contributed by atoms with Gasteiger partial charge in [-0.25, -0.2) is 9.37 Å². The lowest BCUT2D eigenvalue weighted by Gasteiger charge is -2.11. The van der Waals surface area contributed by atoms with E-state index in [1.165, 1.54) is 12.1 Å². The summed E-state index contributed by atoms with van der Waals surface area (Å²) in [5, 5.41) is 9.20. The number of H-pyrrole nitrogens is 1. The van der Waals surface area contributed by atoms with Crippen molar-refractivity contribution in [2.45, 2.75) is 13.5 Å². The third kappa shape index (κ3) is 4.02. The number of nitrogens with zero attached hydrogens (tertiary/aromatic N) is 2. The molecule has 1 N–H and O–H groups in total. The molecule has 0 atom stereocenters. The van der Waals surface area contributed by atoms with Gasteiger partial charge in [-0.05, 0) is 61.0 Å². The maximum absolute atomic E-state index is 13.1. The molecule has 0 fully saturated rings. The second kappa shape index (κ2) is 7.99. The van der Waals surface area contributed by atoms with Crippen LogP contribution in [0.3, 0.4) is 0 Å². The van der Waals surface area contributed by atoms with Crippen LogP contribution in [0, 0.1) is 24.1 Å². The van der Waals surface area contributed by atoms with E-state index < -0.39 is 0 Å². The Hall–Kier alpha value is -3.91. The first-order valence-corrected chi connectivity index (χ1v) is 9.17. The minimum Gasteiger partial charge on any atom is -0.489 e. The number of nitriles is 1.